The Kier molecular flexibility index (Phi) is 12.2. The Balaban J connectivity index is 0.00000260. The number of methoxy groups -OCH3 is 1. The molecule has 1 aliphatic rings. The first-order chi connectivity index (χ1) is 18.7. The van der Waals surface area contributed by atoms with Gasteiger partial charge in [0.05, 0.1) is 48.6 Å². The van der Waals surface area contributed by atoms with E-state index in [4.69, 9.17) is 14.2 Å². The van der Waals surface area contributed by atoms with Crippen LogP contribution in [0.15, 0.2) is 77.1 Å². The lowest BCUT2D eigenvalue weighted by Crippen LogP contribution is -2.35. The Hall–Kier alpha value is -3.63. The van der Waals surface area contributed by atoms with Gasteiger partial charge in [0.15, 0.2) is 0 Å². The Morgan fingerprint density at radius 1 is 0.974 bits per heavy atom. The van der Waals surface area contributed by atoms with Crippen LogP contribution in [-0.4, -0.2) is 45.9 Å². The quantitative estimate of drug-likeness (QED) is 0.323. The van der Waals surface area contributed by atoms with Gasteiger partial charge in [0.25, 0.3) is 0 Å². The molecule has 3 rings (SSSR count). The first kappa shape index (κ1) is 31.6. The van der Waals surface area contributed by atoms with Crippen LogP contribution in [0.3, 0.4) is 0 Å². The molecule has 0 saturated carbocycles. The zero-order chi connectivity index (χ0) is 29.0. The number of halogens is 3. The van der Waals surface area contributed by atoms with Crippen LogP contribution in [0.5, 0.6) is 0 Å². The second kappa shape index (κ2) is 15.1. The number of allylic oxidation sites excluding steroid dienone is 1. The number of alkyl halides is 3. The minimum atomic E-state index is -4.72. The average Bonchev–Trinajstić information content (AvgIpc) is 2.93. The number of carbonyl (C=O) groups is 2. The molecule has 0 aliphatic carbocycles. The van der Waals surface area contributed by atoms with E-state index in [2.05, 4.69) is 11.1 Å². The minimum absolute atomic E-state index is 0.00254. The van der Waals surface area contributed by atoms with Crippen molar-refractivity contribution in [3.05, 3.63) is 93.8 Å². The van der Waals surface area contributed by atoms with Gasteiger partial charge in [0.1, 0.15) is 0 Å². The van der Waals surface area contributed by atoms with E-state index in [1.807, 2.05) is 30.3 Å². The predicted octanol–water partition coefficient (Wildman–Crippen LogP) is 4.88. The second-order valence-electron chi connectivity index (χ2n) is 8.43. The molecule has 1 unspecified atom stereocenters. The summed E-state index contributed by atoms with van der Waals surface area (Å²) in [5.41, 5.74) is 4.73. The van der Waals surface area contributed by atoms with Gasteiger partial charge in [-0.05, 0) is 50.9 Å². The molecule has 0 radical (unpaired) electrons. The molecular weight excluding hydrogens is 513 g/mol. The summed E-state index contributed by atoms with van der Waals surface area (Å²) in [6.45, 7) is 3.41. The molecule has 10 heteroatoms. The van der Waals surface area contributed by atoms with Crippen LogP contribution in [-0.2, 0) is 36.4 Å². The van der Waals surface area contributed by atoms with Crippen molar-refractivity contribution in [1.29, 1.82) is 0 Å². The number of rotatable bonds is 10. The summed E-state index contributed by atoms with van der Waals surface area (Å²) >= 11 is 0. The number of carbonyl (C=O) groups excluding carboxylic acids is 2. The fourth-order valence-corrected chi connectivity index (χ4v) is 4.36. The summed E-state index contributed by atoms with van der Waals surface area (Å²) < 4.78 is 58.0. The van der Waals surface area contributed by atoms with E-state index >= 15 is 0 Å². The summed E-state index contributed by atoms with van der Waals surface area (Å²) in [6, 6.07) is 14.7. The van der Waals surface area contributed by atoms with E-state index in [9.17, 15) is 22.8 Å². The van der Waals surface area contributed by atoms with Crippen molar-refractivity contribution in [2.75, 3.05) is 34.0 Å². The largest absolute Gasteiger partial charge is 0.466 e. The third kappa shape index (κ3) is 8.18. The standard InChI is InChI=1S/C28H30F3NO5.CH5N/c1-4-37-27(34)25-22(17-36-16-10-13-19-11-6-5-7-12-19)32-18(2)23(26(33)35-3)24(25)20-14-8-9-15-21(20)28(29,30)31;1-2/h5-9,11-12,14-15,24,32H,4,10,13,16-17H2,1-3H3;2H2,1H3. The lowest BCUT2D eigenvalue weighted by Gasteiger charge is -2.32. The molecule has 0 fully saturated rings. The van der Waals surface area contributed by atoms with Gasteiger partial charge in [-0.2, -0.15) is 13.2 Å². The fraction of sp³-hybridized carbons (Fsp3) is 0.379. The predicted molar refractivity (Wildman–Crippen MR) is 141 cm³/mol. The zero-order valence-corrected chi connectivity index (χ0v) is 22.6. The smallest absolute Gasteiger partial charge is 0.416 e. The van der Waals surface area contributed by atoms with Crippen molar-refractivity contribution in [3.8, 4) is 0 Å². The highest BCUT2D eigenvalue weighted by atomic mass is 19.4. The number of aryl methyl sites for hydroxylation is 1. The van der Waals surface area contributed by atoms with Crippen molar-refractivity contribution in [3.63, 3.8) is 0 Å². The van der Waals surface area contributed by atoms with Crippen molar-refractivity contribution < 1.29 is 37.0 Å². The van der Waals surface area contributed by atoms with Crippen molar-refractivity contribution in [2.45, 2.75) is 38.8 Å². The third-order valence-electron chi connectivity index (χ3n) is 5.97. The molecule has 212 valence electrons. The molecule has 0 amide bonds. The first-order valence-electron chi connectivity index (χ1n) is 12.5. The van der Waals surface area contributed by atoms with E-state index in [1.54, 1.807) is 13.8 Å². The van der Waals surface area contributed by atoms with Crippen LogP contribution in [0.4, 0.5) is 13.2 Å². The molecule has 7 nitrogen and oxygen atoms in total. The minimum Gasteiger partial charge on any atom is -0.466 e. The third-order valence-corrected chi connectivity index (χ3v) is 5.97. The molecule has 2 aromatic carbocycles. The molecule has 1 aliphatic heterocycles. The summed E-state index contributed by atoms with van der Waals surface area (Å²) in [4.78, 5) is 25.9. The van der Waals surface area contributed by atoms with Crippen molar-refractivity contribution in [2.24, 2.45) is 5.73 Å². The van der Waals surface area contributed by atoms with Gasteiger partial charge in [-0.3, -0.25) is 0 Å². The van der Waals surface area contributed by atoms with E-state index in [-0.39, 0.29) is 41.3 Å². The zero-order valence-electron chi connectivity index (χ0n) is 22.6. The number of nitrogens with one attached hydrogen (secondary N) is 1. The molecule has 1 atom stereocenters. The molecule has 2 aromatic rings. The highest BCUT2D eigenvalue weighted by Crippen LogP contribution is 2.44. The van der Waals surface area contributed by atoms with Crippen LogP contribution in [0.2, 0.25) is 0 Å². The Labute approximate surface area is 226 Å². The summed E-state index contributed by atoms with van der Waals surface area (Å²) in [6.07, 6.45) is -3.23. The van der Waals surface area contributed by atoms with Crippen LogP contribution in [0.1, 0.15) is 42.9 Å². The average molecular weight is 549 g/mol. The van der Waals surface area contributed by atoms with Gasteiger partial charge in [-0.25, -0.2) is 9.59 Å². The number of ether oxygens (including phenoxy) is 3. The summed E-state index contributed by atoms with van der Waals surface area (Å²) in [5, 5.41) is 2.99. The summed E-state index contributed by atoms with van der Waals surface area (Å²) in [7, 11) is 2.63. The van der Waals surface area contributed by atoms with E-state index in [0.29, 0.717) is 13.0 Å². The van der Waals surface area contributed by atoms with Gasteiger partial charge >= 0.3 is 18.1 Å². The van der Waals surface area contributed by atoms with Gasteiger partial charge in [0, 0.05) is 12.3 Å². The molecule has 3 N–H and O–H groups in total. The van der Waals surface area contributed by atoms with Crippen LogP contribution in [0.25, 0.3) is 0 Å². The maximum absolute atomic E-state index is 14.0. The molecule has 0 spiro atoms. The number of dihydropyridines is 1. The first-order valence-corrected chi connectivity index (χ1v) is 12.5. The fourth-order valence-electron chi connectivity index (χ4n) is 4.36. The van der Waals surface area contributed by atoms with E-state index < -0.39 is 29.6 Å². The molecule has 0 saturated heterocycles. The van der Waals surface area contributed by atoms with Gasteiger partial charge in [-0.1, -0.05) is 48.5 Å². The molecule has 39 heavy (non-hydrogen) atoms. The molecule has 0 bridgehead atoms. The topological polar surface area (TPSA) is 99.9 Å². The second-order valence-corrected chi connectivity index (χ2v) is 8.43. The van der Waals surface area contributed by atoms with Crippen LogP contribution >= 0.6 is 0 Å². The Morgan fingerprint density at radius 2 is 1.62 bits per heavy atom. The SMILES string of the molecule is CCOC(=O)C1=C(COCCCc2ccccc2)NC(C)=C(C(=O)OC)C1c1ccccc1C(F)(F)F.CN. The van der Waals surface area contributed by atoms with Crippen LogP contribution in [0, 0.1) is 0 Å². The van der Waals surface area contributed by atoms with Gasteiger partial charge in [0.2, 0.25) is 0 Å². The summed E-state index contributed by atoms with van der Waals surface area (Å²) in [5.74, 6) is -3.06. The Morgan fingerprint density at radius 3 is 2.23 bits per heavy atom. The monoisotopic (exact) mass is 548 g/mol. The van der Waals surface area contributed by atoms with Crippen LogP contribution < -0.4 is 11.1 Å². The highest BCUT2D eigenvalue weighted by molar-refractivity contribution is 6.00. The number of hydrogen-bond donors (Lipinski definition) is 2. The Bertz CT molecular complexity index is 1180. The van der Waals surface area contributed by atoms with Gasteiger partial charge in [-0.15, -0.1) is 0 Å². The van der Waals surface area contributed by atoms with Crippen molar-refractivity contribution >= 4 is 11.9 Å². The number of benzene rings is 2. The normalized spacial score (nSPS) is 15.2. The lowest BCUT2D eigenvalue weighted by atomic mass is 9.78. The lowest BCUT2D eigenvalue weighted by molar-refractivity contribution is -0.141. The number of esters is 2. The maximum Gasteiger partial charge on any atom is 0.416 e. The molecule has 1 heterocycles. The molecule has 0 aromatic heterocycles. The number of hydrogen-bond acceptors (Lipinski definition) is 7. The van der Waals surface area contributed by atoms with Gasteiger partial charge < -0.3 is 25.3 Å². The molecular formula is C29H35F3N2O5. The van der Waals surface area contributed by atoms with Crippen molar-refractivity contribution in [1.82, 2.24) is 5.32 Å². The highest BCUT2D eigenvalue weighted by Gasteiger charge is 2.43. The maximum atomic E-state index is 14.0. The van der Waals surface area contributed by atoms with E-state index in [1.165, 1.54) is 25.2 Å². The number of nitrogens with two attached hydrogens (primary N) is 1. The van der Waals surface area contributed by atoms with E-state index in [0.717, 1.165) is 25.2 Å².